The van der Waals surface area contributed by atoms with Crippen molar-refractivity contribution < 1.29 is 4.74 Å². The molecule has 1 aromatic rings. The molecule has 1 heterocycles. The summed E-state index contributed by atoms with van der Waals surface area (Å²) in [4.78, 5) is 2.46. The van der Waals surface area contributed by atoms with Crippen LogP contribution in [0.15, 0.2) is 30.3 Å². The van der Waals surface area contributed by atoms with Crippen LogP contribution in [0.2, 0.25) is 0 Å². The molecule has 2 N–H and O–H groups in total. The van der Waals surface area contributed by atoms with Gasteiger partial charge in [-0.2, -0.15) is 0 Å². The number of rotatable bonds is 3. The Morgan fingerprint density at radius 3 is 2.22 bits per heavy atom. The highest BCUT2D eigenvalue weighted by molar-refractivity contribution is 5.20. The van der Waals surface area contributed by atoms with Crippen LogP contribution in [-0.4, -0.2) is 36.2 Å². The Morgan fingerprint density at radius 1 is 1.17 bits per heavy atom. The number of hydrogen-bond acceptors (Lipinski definition) is 3. The molecule has 0 aromatic heterocycles. The fourth-order valence-electron chi connectivity index (χ4n) is 2.94. The minimum absolute atomic E-state index is 0.116. The molecule has 100 valence electrons. The second-order valence-corrected chi connectivity index (χ2v) is 5.43. The molecule has 0 amide bonds. The largest absolute Gasteiger partial charge is 0.373 e. The van der Waals surface area contributed by atoms with E-state index in [4.69, 9.17) is 10.5 Å². The first-order valence-electron chi connectivity index (χ1n) is 6.78. The maximum Gasteiger partial charge on any atom is 0.0678 e. The van der Waals surface area contributed by atoms with Crippen LogP contribution in [0, 0.1) is 0 Å². The van der Waals surface area contributed by atoms with E-state index in [1.165, 1.54) is 5.56 Å². The first-order valence-corrected chi connectivity index (χ1v) is 6.78. The van der Waals surface area contributed by atoms with E-state index in [-0.39, 0.29) is 24.3 Å². The molecule has 0 bridgehead atoms. The predicted molar refractivity (Wildman–Crippen MR) is 74.4 cm³/mol. The van der Waals surface area contributed by atoms with E-state index in [1.54, 1.807) is 0 Å². The van der Waals surface area contributed by atoms with Gasteiger partial charge in [0, 0.05) is 25.2 Å². The van der Waals surface area contributed by atoms with Gasteiger partial charge in [-0.3, -0.25) is 4.90 Å². The van der Waals surface area contributed by atoms with Crippen molar-refractivity contribution in [2.75, 3.05) is 13.1 Å². The van der Waals surface area contributed by atoms with Gasteiger partial charge >= 0.3 is 0 Å². The number of morpholine rings is 1. The van der Waals surface area contributed by atoms with Crippen LogP contribution in [0.25, 0.3) is 0 Å². The third-order valence-corrected chi connectivity index (χ3v) is 3.48. The number of nitrogens with two attached hydrogens (primary N) is 1. The van der Waals surface area contributed by atoms with Crippen molar-refractivity contribution in [2.45, 2.75) is 45.1 Å². The molecule has 1 aliphatic rings. The standard InChI is InChI=1S/C15H24N2O/c1-11-9-17(10-12(2)18-11)15(13(3)16)14-7-5-4-6-8-14/h4-8,11-13,15H,9-10,16H2,1-3H3. The third-order valence-electron chi connectivity index (χ3n) is 3.48. The zero-order valence-corrected chi connectivity index (χ0v) is 11.5. The van der Waals surface area contributed by atoms with Crippen molar-refractivity contribution in [3.05, 3.63) is 35.9 Å². The van der Waals surface area contributed by atoms with Gasteiger partial charge in [0.25, 0.3) is 0 Å². The summed E-state index contributed by atoms with van der Waals surface area (Å²) in [5, 5.41) is 0. The van der Waals surface area contributed by atoms with Gasteiger partial charge in [0.05, 0.1) is 12.2 Å². The summed E-state index contributed by atoms with van der Waals surface area (Å²) in [6, 6.07) is 10.9. The van der Waals surface area contributed by atoms with E-state index in [0.717, 1.165) is 13.1 Å². The van der Waals surface area contributed by atoms with Crippen molar-refractivity contribution in [3.8, 4) is 0 Å². The lowest BCUT2D eigenvalue weighted by Gasteiger charge is -2.41. The monoisotopic (exact) mass is 248 g/mol. The zero-order valence-electron chi connectivity index (χ0n) is 11.5. The van der Waals surface area contributed by atoms with Crippen LogP contribution < -0.4 is 5.73 Å². The Kier molecular flexibility index (Phi) is 4.38. The molecule has 0 aliphatic carbocycles. The van der Waals surface area contributed by atoms with Crippen LogP contribution in [-0.2, 0) is 4.74 Å². The summed E-state index contributed by atoms with van der Waals surface area (Å²) >= 11 is 0. The highest BCUT2D eigenvalue weighted by atomic mass is 16.5. The highest BCUT2D eigenvalue weighted by Crippen LogP contribution is 2.26. The summed E-state index contributed by atoms with van der Waals surface area (Å²) in [6.07, 6.45) is 0.553. The number of hydrogen-bond donors (Lipinski definition) is 1. The van der Waals surface area contributed by atoms with E-state index in [2.05, 4.69) is 49.9 Å². The van der Waals surface area contributed by atoms with Gasteiger partial charge in [-0.15, -0.1) is 0 Å². The summed E-state index contributed by atoms with van der Waals surface area (Å²) in [7, 11) is 0. The SMILES string of the molecule is CC1CN(C(c2ccccc2)C(C)N)CC(C)O1. The zero-order chi connectivity index (χ0) is 13.1. The van der Waals surface area contributed by atoms with Crippen LogP contribution >= 0.6 is 0 Å². The Labute approximate surface area is 110 Å². The average Bonchev–Trinajstić information content (AvgIpc) is 2.28. The van der Waals surface area contributed by atoms with Gasteiger partial charge in [0.15, 0.2) is 0 Å². The lowest BCUT2D eigenvalue weighted by molar-refractivity contribution is -0.0831. The molecule has 2 rings (SSSR count). The summed E-state index contributed by atoms with van der Waals surface area (Å²) < 4.78 is 5.80. The van der Waals surface area contributed by atoms with E-state index in [9.17, 15) is 0 Å². The van der Waals surface area contributed by atoms with E-state index in [1.807, 2.05) is 6.07 Å². The smallest absolute Gasteiger partial charge is 0.0678 e. The molecule has 0 radical (unpaired) electrons. The Hall–Kier alpha value is -0.900. The van der Waals surface area contributed by atoms with Crippen molar-refractivity contribution in [1.29, 1.82) is 0 Å². The molecule has 0 saturated carbocycles. The van der Waals surface area contributed by atoms with Gasteiger partial charge < -0.3 is 10.5 Å². The molecule has 4 atom stereocenters. The van der Waals surface area contributed by atoms with Gasteiger partial charge in [0.1, 0.15) is 0 Å². The molecule has 4 unspecified atom stereocenters. The van der Waals surface area contributed by atoms with Crippen molar-refractivity contribution >= 4 is 0 Å². The fourth-order valence-corrected chi connectivity index (χ4v) is 2.94. The Balaban J connectivity index is 2.20. The number of ether oxygens (including phenoxy) is 1. The van der Waals surface area contributed by atoms with E-state index in [0.29, 0.717) is 0 Å². The maximum atomic E-state index is 6.21. The van der Waals surface area contributed by atoms with Crippen LogP contribution in [0.5, 0.6) is 0 Å². The molecule has 1 aromatic carbocycles. The topological polar surface area (TPSA) is 38.5 Å². The molecule has 3 nitrogen and oxygen atoms in total. The molecule has 1 saturated heterocycles. The summed E-state index contributed by atoms with van der Waals surface area (Å²) in [5.41, 5.74) is 7.51. The lowest BCUT2D eigenvalue weighted by Crippen LogP contribution is -2.50. The van der Waals surface area contributed by atoms with Crippen LogP contribution in [0.3, 0.4) is 0 Å². The minimum atomic E-state index is 0.116. The molecular formula is C15H24N2O. The summed E-state index contributed by atoms with van der Waals surface area (Å²) in [5.74, 6) is 0. The van der Waals surface area contributed by atoms with Crippen molar-refractivity contribution in [1.82, 2.24) is 4.90 Å². The molecule has 18 heavy (non-hydrogen) atoms. The average molecular weight is 248 g/mol. The normalized spacial score (nSPS) is 28.9. The van der Waals surface area contributed by atoms with Gasteiger partial charge in [-0.1, -0.05) is 30.3 Å². The van der Waals surface area contributed by atoms with Crippen LogP contribution in [0.4, 0.5) is 0 Å². The molecule has 1 fully saturated rings. The number of benzene rings is 1. The van der Waals surface area contributed by atoms with E-state index >= 15 is 0 Å². The first kappa shape index (κ1) is 13.5. The van der Waals surface area contributed by atoms with Crippen LogP contribution in [0.1, 0.15) is 32.4 Å². The first-order chi connectivity index (χ1) is 8.58. The molecule has 1 aliphatic heterocycles. The highest BCUT2D eigenvalue weighted by Gasteiger charge is 2.30. The lowest BCUT2D eigenvalue weighted by atomic mass is 9.98. The second-order valence-electron chi connectivity index (χ2n) is 5.43. The Bertz CT molecular complexity index is 356. The van der Waals surface area contributed by atoms with Gasteiger partial charge in [-0.05, 0) is 26.3 Å². The van der Waals surface area contributed by atoms with Crippen molar-refractivity contribution in [2.24, 2.45) is 5.73 Å². The Morgan fingerprint density at radius 2 is 1.72 bits per heavy atom. The maximum absolute atomic E-state index is 6.21. The second kappa shape index (κ2) is 5.83. The third kappa shape index (κ3) is 3.10. The summed E-state index contributed by atoms with van der Waals surface area (Å²) in [6.45, 7) is 8.25. The van der Waals surface area contributed by atoms with Gasteiger partial charge in [-0.25, -0.2) is 0 Å². The molecule has 0 spiro atoms. The fraction of sp³-hybridized carbons (Fsp3) is 0.600. The quantitative estimate of drug-likeness (QED) is 0.891. The van der Waals surface area contributed by atoms with E-state index < -0.39 is 0 Å². The molecule has 3 heteroatoms. The van der Waals surface area contributed by atoms with Crippen molar-refractivity contribution in [3.63, 3.8) is 0 Å². The number of nitrogens with zero attached hydrogens (tertiary/aromatic N) is 1. The van der Waals surface area contributed by atoms with Gasteiger partial charge in [0.2, 0.25) is 0 Å². The predicted octanol–water partition coefficient (Wildman–Crippen LogP) is 2.18. The minimum Gasteiger partial charge on any atom is -0.373 e. The molecular weight excluding hydrogens is 224 g/mol.